The molecular formula is C16H20N2OS. The molecule has 1 aromatic heterocycles. The van der Waals surface area contributed by atoms with E-state index in [1.165, 1.54) is 0 Å². The lowest BCUT2D eigenvalue weighted by atomic mass is 9.83. The molecule has 4 heteroatoms. The first-order valence-corrected chi connectivity index (χ1v) is 7.49. The molecule has 0 aliphatic carbocycles. The van der Waals surface area contributed by atoms with Crippen molar-refractivity contribution in [2.75, 3.05) is 5.73 Å². The Balaban J connectivity index is 2.13. The zero-order chi connectivity index (χ0) is 14.8. The zero-order valence-electron chi connectivity index (χ0n) is 12.0. The van der Waals surface area contributed by atoms with Gasteiger partial charge in [-0.2, -0.15) is 0 Å². The maximum Gasteiger partial charge on any atom is 0.230 e. The number of anilines is 1. The molecule has 2 rings (SSSR count). The van der Waals surface area contributed by atoms with Crippen LogP contribution < -0.4 is 11.1 Å². The molecule has 0 aliphatic rings. The van der Waals surface area contributed by atoms with Gasteiger partial charge in [0.2, 0.25) is 5.91 Å². The largest absolute Gasteiger partial charge is 0.399 e. The molecule has 0 bridgehead atoms. The number of rotatable bonds is 4. The molecule has 106 valence electrons. The van der Waals surface area contributed by atoms with E-state index < -0.39 is 5.41 Å². The SMILES string of the molecule is C[C@H](NC(=O)C(C)(C)c1ccc(N)cc1)c1cccs1. The van der Waals surface area contributed by atoms with Crippen LogP contribution in [0.5, 0.6) is 0 Å². The van der Waals surface area contributed by atoms with Crippen LogP contribution in [0.2, 0.25) is 0 Å². The average molecular weight is 288 g/mol. The summed E-state index contributed by atoms with van der Waals surface area (Å²) in [5.41, 5.74) is 6.77. The summed E-state index contributed by atoms with van der Waals surface area (Å²) in [7, 11) is 0. The molecule has 2 aromatic rings. The quantitative estimate of drug-likeness (QED) is 0.846. The van der Waals surface area contributed by atoms with Gasteiger partial charge in [-0.25, -0.2) is 0 Å². The highest BCUT2D eigenvalue weighted by molar-refractivity contribution is 7.10. The van der Waals surface area contributed by atoms with Crippen molar-refractivity contribution < 1.29 is 4.79 Å². The van der Waals surface area contributed by atoms with Gasteiger partial charge in [0.25, 0.3) is 0 Å². The first-order chi connectivity index (χ1) is 9.41. The lowest BCUT2D eigenvalue weighted by Gasteiger charge is -2.26. The van der Waals surface area contributed by atoms with E-state index in [1.54, 1.807) is 11.3 Å². The van der Waals surface area contributed by atoms with Crippen LogP contribution in [0.1, 0.15) is 37.3 Å². The second-order valence-electron chi connectivity index (χ2n) is 5.46. The van der Waals surface area contributed by atoms with Crippen molar-refractivity contribution in [1.82, 2.24) is 5.32 Å². The summed E-state index contributed by atoms with van der Waals surface area (Å²) in [4.78, 5) is 13.7. The van der Waals surface area contributed by atoms with Crippen molar-refractivity contribution in [3.05, 3.63) is 52.2 Å². The highest BCUT2D eigenvalue weighted by Crippen LogP contribution is 2.26. The Bertz CT molecular complexity index is 573. The lowest BCUT2D eigenvalue weighted by Crippen LogP contribution is -2.41. The smallest absolute Gasteiger partial charge is 0.230 e. The van der Waals surface area contributed by atoms with Crippen molar-refractivity contribution in [1.29, 1.82) is 0 Å². The molecule has 3 nitrogen and oxygen atoms in total. The molecule has 0 saturated carbocycles. The first-order valence-electron chi connectivity index (χ1n) is 6.61. The van der Waals surface area contributed by atoms with Crippen molar-refractivity contribution in [3.63, 3.8) is 0 Å². The Morgan fingerprint density at radius 1 is 1.25 bits per heavy atom. The summed E-state index contributed by atoms with van der Waals surface area (Å²) in [5, 5.41) is 5.09. The molecule has 1 amide bonds. The van der Waals surface area contributed by atoms with Gasteiger partial charge < -0.3 is 11.1 Å². The van der Waals surface area contributed by atoms with Gasteiger partial charge in [-0.1, -0.05) is 18.2 Å². The highest BCUT2D eigenvalue weighted by Gasteiger charge is 2.30. The van der Waals surface area contributed by atoms with Crippen LogP contribution in [0.25, 0.3) is 0 Å². The van der Waals surface area contributed by atoms with Gasteiger partial charge >= 0.3 is 0 Å². The Labute approximate surface area is 123 Å². The number of hydrogen-bond acceptors (Lipinski definition) is 3. The van der Waals surface area contributed by atoms with Crippen molar-refractivity contribution in [3.8, 4) is 0 Å². The molecule has 0 radical (unpaired) electrons. The number of amides is 1. The number of carbonyl (C=O) groups is 1. The molecular weight excluding hydrogens is 268 g/mol. The van der Waals surface area contributed by atoms with Crippen LogP contribution in [-0.2, 0) is 10.2 Å². The van der Waals surface area contributed by atoms with Gasteiger partial charge in [0.05, 0.1) is 11.5 Å². The van der Waals surface area contributed by atoms with Gasteiger partial charge in [-0.15, -0.1) is 11.3 Å². The third-order valence-corrected chi connectivity index (χ3v) is 4.57. The van der Waals surface area contributed by atoms with Crippen LogP contribution in [0, 0.1) is 0 Å². The van der Waals surface area contributed by atoms with Gasteiger partial charge in [0.15, 0.2) is 0 Å². The fourth-order valence-corrected chi connectivity index (χ4v) is 2.75. The number of nitrogen functional groups attached to an aromatic ring is 1. The van der Waals surface area contributed by atoms with E-state index in [9.17, 15) is 4.79 Å². The molecule has 1 atom stereocenters. The molecule has 0 unspecified atom stereocenters. The maximum absolute atomic E-state index is 12.5. The zero-order valence-corrected chi connectivity index (χ0v) is 12.8. The van der Waals surface area contributed by atoms with Crippen LogP contribution >= 0.6 is 11.3 Å². The van der Waals surface area contributed by atoms with E-state index in [4.69, 9.17) is 5.73 Å². The Hall–Kier alpha value is -1.81. The Morgan fingerprint density at radius 3 is 2.45 bits per heavy atom. The average Bonchev–Trinajstić information content (AvgIpc) is 2.93. The number of thiophene rings is 1. The summed E-state index contributed by atoms with van der Waals surface area (Å²) >= 11 is 1.65. The van der Waals surface area contributed by atoms with E-state index in [0.717, 1.165) is 10.4 Å². The summed E-state index contributed by atoms with van der Waals surface area (Å²) < 4.78 is 0. The Morgan fingerprint density at radius 2 is 1.90 bits per heavy atom. The molecule has 1 aromatic carbocycles. The van der Waals surface area contributed by atoms with E-state index >= 15 is 0 Å². The predicted octanol–water partition coefficient (Wildman–Crippen LogP) is 3.49. The fraction of sp³-hybridized carbons (Fsp3) is 0.312. The molecule has 0 fully saturated rings. The van der Waals surface area contributed by atoms with Crippen LogP contribution in [0.4, 0.5) is 5.69 Å². The second kappa shape index (κ2) is 5.67. The number of benzene rings is 1. The number of nitrogens with two attached hydrogens (primary N) is 1. The van der Waals surface area contributed by atoms with Crippen LogP contribution in [-0.4, -0.2) is 5.91 Å². The normalized spacial score (nSPS) is 12.9. The number of hydrogen-bond donors (Lipinski definition) is 2. The molecule has 1 heterocycles. The molecule has 20 heavy (non-hydrogen) atoms. The molecule has 0 aliphatic heterocycles. The first kappa shape index (κ1) is 14.6. The summed E-state index contributed by atoms with van der Waals surface area (Å²) in [6, 6.07) is 11.5. The topological polar surface area (TPSA) is 55.1 Å². The number of nitrogens with one attached hydrogen (secondary N) is 1. The standard InChI is InChI=1S/C16H20N2OS/c1-11(14-5-4-10-20-14)18-15(19)16(2,3)12-6-8-13(17)9-7-12/h4-11H,17H2,1-3H3,(H,18,19)/t11-/m0/s1. The summed E-state index contributed by atoms with van der Waals surface area (Å²) in [6.45, 7) is 5.85. The molecule has 3 N–H and O–H groups in total. The highest BCUT2D eigenvalue weighted by atomic mass is 32.1. The van der Waals surface area contributed by atoms with E-state index in [-0.39, 0.29) is 11.9 Å². The van der Waals surface area contributed by atoms with Crippen molar-refractivity contribution in [2.45, 2.75) is 32.2 Å². The van der Waals surface area contributed by atoms with Gasteiger partial charge in [-0.05, 0) is 49.9 Å². The molecule has 0 spiro atoms. The van der Waals surface area contributed by atoms with E-state index in [2.05, 4.69) is 5.32 Å². The van der Waals surface area contributed by atoms with Gasteiger partial charge in [0, 0.05) is 10.6 Å². The van der Waals surface area contributed by atoms with Gasteiger partial charge in [0.1, 0.15) is 0 Å². The van der Waals surface area contributed by atoms with Crippen LogP contribution in [0.15, 0.2) is 41.8 Å². The second-order valence-corrected chi connectivity index (χ2v) is 6.44. The fourth-order valence-electron chi connectivity index (χ4n) is 2.02. The maximum atomic E-state index is 12.5. The minimum Gasteiger partial charge on any atom is -0.399 e. The summed E-state index contributed by atoms with van der Waals surface area (Å²) in [5.74, 6) is 0.0168. The lowest BCUT2D eigenvalue weighted by molar-refractivity contribution is -0.126. The Kier molecular flexibility index (Phi) is 4.14. The van der Waals surface area contributed by atoms with Gasteiger partial charge in [-0.3, -0.25) is 4.79 Å². The summed E-state index contributed by atoms with van der Waals surface area (Å²) in [6.07, 6.45) is 0. The minimum absolute atomic E-state index is 0.0168. The predicted molar refractivity (Wildman–Crippen MR) is 84.8 cm³/mol. The van der Waals surface area contributed by atoms with E-state index in [1.807, 2.05) is 62.5 Å². The van der Waals surface area contributed by atoms with E-state index in [0.29, 0.717) is 5.69 Å². The third-order valence-electron chi connectivity index (χ3n) is 3.52. The number of carbonyl (C=O) groups excluding carboxylic acids is 1. The van der Waals surface area contributed by atoms with Crippen molar-refractivity contribution >= 4 is 22.9 Å². The monoisotopic (exact) mass is 288 g/mol. The minimum atomic E-state index is -0.584. The third kappa shape index (κ3) is 3.02. The molecule has 0 saturated heterocycles. The van der Waals surface area contributed by atoms with Crippen LogP contribution in [0.3, 0.4) is 0 Å². The van der Waals surface area contributed by atoms with Crippen molar-refractivity contribution in [2.24, 2.45) is 0 Å².